The zero-order valence-corrected chi connectivity index (χ0v) is 9.43. The third kappa shape index (κ3) is 6.59. The molecule has 3 heteroatoms. The largest absolute Gasteiger partial charge is 0.285 e. The van der Waals surface area contributed by atoms with E-state index in [1.165, 1.54) is 19.3 Å². The Bertz CT molecular complexity index is 117. The van der Waals surface area contributed by atoms with E-state index in [1.807, 2.05) is 0 Å². The summed E-state index contributed by atoms with van der Waals surface area (Å²) in [6, 6.07) is 0. The minimum Gasteiger partial charge on any atom is -0.285 e. The van der Waals surface area contributed by atoms with Crippen molar-refractivity contribution in [3.8, 4) is 0 Å². The van der Waals surface area contributed by atoms with Crippen LogP contribution < -0.4 is 0 Å². The van der Waals surface area contributed by atoms with Crippen LogP contribution in [-0.4, -0.2) is 15.6 Å². The second-order valence-corrected chi connectivity index (χ2v) is 3.83. The fraction of sp³-hybridized carbons (Fsp3) is 0.875. The monoisotopic (exact) mass is 269 g/mol. The number of rotatable bonds is 5. The van der Waals surface area contributed by atoms with E-state index < -0.39 is 0 Å². The summed E-state index contributed by atoms with van der Waals surface area (Å²) in [6.07, 6.45) is 4.91. The summed E-state index contributed by atoms with van der Waals surface area (Å²) in [7, 11) is 0. The van der Waals surface area contributed by atoms with E-state index in [0.717, 1.165) is 13.0 Å². The highest BCUT2D eigenvalue weighted by Crippen LogP contribution is 2.05. The number of carbonyl (C=O) groups is 1. The Hall–Kier alpha value is 0.200. The fourth-order valence-corrected chi connectivity index (χ4v) is 1.18. The molecule has 0 aromatic heterocycles. The first-order chi connectivity index (χ1) is 5.18. The van der Waals surface area contributed by atoms with Crippen molar-refractivity contribution < 1.29 is 4.79 Å². The lowest BCUT2D eigenvalue weighted by Crippen LogP contribution is -2.18. The number of hydrogen-bond acceptors (Lipinski definition) is 1. The van der Waals surface area contributed by atoms with Crippen LogP contribution in [0, 0.1) is 0 Å². The lowest BCUT2D eigenvalue weighted by atomic mass is 10.2. The quantitative estimate of drug-likeness (QED) is 0.427. The van der Waals surface area contributed by atoms with Gasteiger partial charge in [0.05, 0.1) is 22.9 Å². The first-order valence-corrected chi connectivity index (χ1v) is 5.08. The lowest BCUT2D eigenvalue weighted by Gasteiger charge is -2.10. The zero-order chi connectivity index (χ0) is 8.69. The molecule has 0 heterocycles. The van der Waals surface area contributed by atoms with E-state index in [0.29, 0.717) is 0 Å². The van der Waals surface area contributed by atoms with Crippen molar-refractivity contribution in [1.82, 2.24) is 3.11 Å². The van der Waals surface area contributed by atoms with Crippen molar-refractivity contribution >= 4 is 28.8 Å². The van der Waals surface area contributed by atoms with Gasteiger partial charge in [-0.25, -0.2) is 0 Å². The predicted octanol–water partition coefficient (Wildman–Crippen LogP) is 2.77. The molecule has 0 aromatic carbocycles. The average Bonchev–Trinajstić information content (AvgIpc) is 1.97. The Balaban J connectivity index is 3.17. The number of amides is 1. The molecular weight excluding hydrogens is 253 g/mol. The number of hydrogen-bond donors (Lipinski definition) is 0. The van der Waals surface area contributed by atoms with Crippen molar-refractivity contribution in [2.24, 2.45) is 0 Å². The molecule has 0 unspecified atom stereocenters. The molecule has 0 aliphatic rings. The van der Waals surface area contributed by atoms with E-state index in [1.54, 1.807) is 10.0 Å². The normalized spacial score (nSPS) is 9.73. The van der Waals surface area contributed by atoms with Gasteiger partial charge in [0.15, 0.2) is 0 Å². The van der Waals surface area contributed by atoms with Crippen LogP contribution in [-0.2, 0) is 4.79 Å². The van der Waals surface area contributed by atoms with E-state index in [9.17, 15) is 4.79 Å². The number of unbranched alkanes of at least 4 members (excludes halogenated alkanes) is 3. The number of nitrogens with zero attached hydrogens (tertiary/aromatic N) is 1. The van der Waals surface area contributed by atoms with Gasteiger partial charge in [-0.15, -0.1) is 0 Å². The van der Waals surface area contributed by atoms with Crippen LogP contribution in [0.5, 0.6) is 0 Å². The van der Waals surface area contributed by atoms with Gasteiger partial charge >= 0.3 is 0 Å². The SMILES string of the molecule is CCCCCCN(I)C(C)=O. The smallest absolute Gasteiger partial charge is 0.228 e. The minimum absolute atomic E-state index is 0.155. The van der Waals surface area contributed by atoms with Gasteiger partial charge in [-0.1, -0.05) is 26.2 Å². The van der Waals surface area contributed by atoms with Gasteiger partial charge in [0.25, 0.3) is 0 Å². The van der Waals surface area contributed by atoms with E-state index in [-0.39, 0.29) is 5.91 Å². The van der Waals surface area contributed by atoms with Crippen LogP contribution in [0.1, 0.15) is 39.5 Å². The second-order valence-electron chi connectivity index (χ2n) is 2.67. The third-order valence-electron chi connectivity index (χ3n) is 1.55. The molecule has 0 aromatic rings. The van der Waals surface area contributed by atoms with Gasteiger partial charge in [-0.3, -0.25) is 7.91 Å². The standard InChI is InChI=1S/C8H16INO/c1-3-4-5-6-7-10(9)8(2)11/h3-7H2,1-2H3. The summed E-state index contributed by atoms with van der Waals surface area (Å²) < 4.78 is 1.74. The molecule has 0 N–H and O–H groups in total. The van der Waals surface area contributed by atoms with Crippen molar-refractivity contribution in [3.63, 3.8) is 0 Å². The molecule has 0 fully saturated rings. The van der Waals surface area contributed by atoms with Gasteiger partial charge in [-0.2, -0.15) is 0 Å². The van der Waals surface area contributed by atoms with Gasteiger partial charge in [0, 0.05) is 13.5 Å². The van der Waals surface area contributed by atoms with Gasteiger partial charge in [0.1, 0.15) is 0 Å². The summed E-state index contributed by atoms with van der Waals surface area (Å²) >= 11 is 2.07. The molecule has 11 heavy (non-hydrogen) atoms. The summed E-state index contributed by atoms with van der Waals surface area (Å²) in [5.74, 6) is 0.155. The first-order valence-electron chi connectivity index (χ1n) is 4.12. The topological polar surface area (TPSA) is 20.3 Å². The van der Waals surface area contributed by atoms with Crippen LogP contribution in [0.2, 0.25) is 0 Å². The maximum absolute atomic E-state index is 10.7. The van der Waals surface area contributed by atoms with Crippen molar-refractivity contribution in [1.29, 1.82) is 0 Å². The maximum Gasteiger partial charge on any atom is 0.228 e. The number of halogens is 1. The van der Waals surface area contributed by atoms with Crippen LogP contribution in [0.4, 0.5) is 0 Å². The molecule has 0 saturated carbocycles. The van der Waals surface area contributed by atoms with Crippen LogP contribution in [0.3, 0.4) is 0 Å². The Morgan fingerprint density at radius 1 is 1.36 bits per heavy atom. The highest BCUT2D eigenvalue weighted by atomic mass is 127. The molecule has 0 aliphatic carbocycles. The first kappa shape index (κ1) is 11.2. The molecule has 0 aliphatic heterocycles. The molecule has 0 spiro atoms. The minimum atomic E-state index is 0.155. The summed E-state index contributed by atoms with van der Waals surface area (Å²) in [5.41, 5.74) is 0. The maximum atomic E-state index is 10.7. The fourth-order valence-electron chi connectivity index (χ4n) is 0.835. The Morgan fingerprint density at radius 2 is 2.00 bits per heavy atom. The zero-order valence-electron chi connectivity index (χ0n) is 7.27. The highest BCUT2D eigenvalue weighted by molar-refractivity contribution is 14.1. The van der Waals surface area contributed by atoms with E-state index >= 15 is 0 Å². The lowest BCUT2D eigenvalue weighted by molar-refractivity contribution is -0.122. The molecule has 0 bridgehead atoms. The molecule has 0 atom stereocenters. The van der Waals surface area contributed by atoms with Crippen LogP contribution >= 0.6 is 22.9 Å². The summed E-state index contributed by atoms with van der Waals surface area (Å²) in [5, 5.41) is 0. The molecule has 66 valence electrons. The number of carbonyl (C=O) groups excluding carboxylic acids is 1. The molecule has 0 saturated heterocycles. The molecule has 0 radical (unpaired) electrons. The Kier molecular flexibility index (Phi) is 7.01. The Labute approximate surface area is 82.8 Å². The third-order valence-corrected chi connectivity index (χ3v) is 2.71. The Morgan fingerprint density at radius 3 is 2.45 bits per heavy atom. The highest BCUT2D eigenvalue weighted by Gasteiger charge is 2.01. The second kappa shape index (κ2) is 6.88. The summed E-state index contributed by atoms with van der Waals surface area (Å²) in [4.78, 5) is 10.7. The van der Waals surface area contributed by atoms with Crippen LogP contribution in [0.15, 0.2) is 0 Å². The summed E-state index contributed by atoms with van der Waals surface area (Å²) in [6.45, 7) is 4.69. The van der Waals surface area contributed by atoms with Gasteiger partial charge in [0.2, 0.25) is 5.91 Å². The molecular formula is C8H16INO. The van der Waals surface area contributed by atoms with E-state index in [2.05, 4.69) is 29.8 Å². The molecule has 1 amide bonds. The van der Waals surface area contributed by atoms with Crippen molar-refractivity contribution in [2.45, 2.75) is 39.5 Å². The van der Waals surface area contributed by atoms with E-state index in [4.69, 9.17) is 0 Å². The van der Waals surface area contributed by atoms with Crippen molar-refractivity contribution in [3.05, 3.63) is 0 Å². The van der Waals surface area contributed by atoms with Gasteiger partial charge < -0.3 is 0 Å². The molecule has 2 nitrogen and oxygen atoms in total. The van der Waals surface area contributed by atoms with Crippen molar-refractivity contribution in [2.75, 3.05) is 6.54 Å². The van der Waals surface area contributed by atoms with Crippen LogP contribution in [0.25, 0.3) is 0 Å². The molecule has 0 rings (SSSR count). The van der Waals surface area contributed by atoms with Gasteiger partial charge in [-0.05, 0) is 6.42 Å². The average molecular weight is 269 g/mol. The predicted molar refractivity (Wildman–Crippen MR) is 55.5 cm³/mol.